The van der Waals surface area contributed by atoms with Crippen LogP contribution in [0.5, 0.6) is 0 Å². The highest BCUT2D eigenvalue weighted by Crippen LogP contribution is 2.23. The van der Waals surface area contributed by atoms with Crippen LogP contribution in [0.15, 0.2) is 27.6 Å². The number of aromatic nitrogens is 3. The van der Waals surface area contributed by atoms with Crippen molar-refractivity contribution in [3.8, 4) is 11.5 Å². The lowest BCUT2D eigenvalue weighted by Crippen LogP contribution is -2.21. The van der Waals surface area contributed by atoms with Crippen LogP contribution in [0.4, 0.5) is 0 Å². The summed E-state index contributed by atoms with van der Waals surface area (Å²) >= 11 is 0. The third-order valence-electron chi connectivity index (χ3n) is 3.34. The Kier molecular flexibility index (Phi) is 3.41. The van der Waals surface area contributed by atoms with Gasteiger partial charge in [0, 0.05) is 12.3 Å². The van der Waals surface area contributed by atoms with E-state index in [9.17, 15) is 4.79 Å². The molecule has 1 aliphatic rings. The van der Waals surface area contributed by atoms with Crippen molar-refractivity contribution in [2.75, 3.05) is 6.54 Å². The summed E-state index contributed by atoms with van der Waals surface area (Å²) in [4.78, 5) is 18.0. The van der Waals surface area contributed by atoms with E-state index in [1.165, 1.54) is 25.3 Å². The van der Waals surface area contributed by atoms with E-state index in [4.69, 9.17) is 4.52 Å². The molecule has 2 aromatic heterocycles. The highest BCUT2D eigenvalue weighted by atomic mass is 16.5. The summed E-state index contributed by atoms with van der Waals surface area (Å²) in [6.07, 6.45) is 6.24. The lowest BCUT2D eigenvalue weighted by Gasteiger charge is -2.09. The van der Waals surface area contributed by atoms with Crippen LogP contribution in [0.1, 0.15) is 37.5 Å². The number of hydrogen-bond acceptors (Lipinski definition) is 5. The number of nitrogens with zero attached hydrogens (tertiary/aromatic N) is 2. The smallest absolute Gasteiger partial charge is 0.259 e. The van der Waals surface area contributed by atoms with E-state index in [1.54, 1.807) is 12.3 Å². The van der Waals surface area contributed by atoms with Gasteiger partial charge in [-0.1, -0.05) is 18.0 Å². The molecule has 1 aliphatic heterocycles. The van der Waals surface area contributed by atoms with E-state index in [0.717, 1.165) is 18.5 Å². The number of hydrogen-bond donors (Lipinski definition) is 2. The van der Waals surface area contributed by atoms with Crippen molar-refractivity contribution in [2.45, 2.75) is 31.7 Å². The zero-order chi connectivity index (χ0) is 13.1. The SMILES string of the molecule is O=c1ccc(-c2nc(C3CCCCCN3)no2)c[nH]1. The lowest BCUT2D eigenvalue weighted by atomic mass is 10.1. The summed E-state index contributed by atoms with van der Waals surface area (Å²) < 4.78 is 5.26. The van der Waals surface area contributed by atoms with Gasteiger partial charge in [0.05, 0.1) is 11.6 Å². The molecule has 1 fully saturated rings. The Morgan fingerprint density at radius 2 is 2.21 bits per heavy atom. The summed E-state index contributed by atoms with van der Waals surface area (Å²) in [5.41, 5.74) is 0.584. The van der Waals surface area contributed by atoms with Gasteiger partial charge >= 0.3 is 0 Å². The van der Waals surface area contributed by atoms with Crippen LogP contribution in [0.25, 0.3) is 11.5 Å². The van der Waals surface area contributed by atoms with E-state index >= 15 is 0 Å². The zero-order valence-corrected chi connectivity index (χ0v) is 10.6. The second kappa shape index (κ2) is 5.36. The van der Waals surface area contributed by atoms with Gasteiger partial charge in [-0.15, -0.1) is 0 Å². The third-order valence-corrected chi connectivity index (χ3v) is 3.34. The minimum atomic E-state index is -0.145. The Balaban J connectivity index is 1.82. The fraction of sp³-hybridized carbons (Fsp3) is 0.462. The molecule has 0 radical (unpaired) electrons. The monoisotopic (exact) mass is 260 g/mol. The molecule has 3 heterocycles. The molecule has 0 aromatic carbocycles. The molecule has 19 heavy (non-hydrogen) atoms. The van der Waals surface area contributed by atoms with Crippen molar-refractivity contribution in [1.82, 2.24) is 20.4 Å². The number of aromatic amines is 1. The minimum absolute atomic E-state index is 0.145. The molecule has 6 nitrogen and oxygen atoms in total. The predicted octanol–water partition coefficient (Wildman–Crippen LogP) is 1.63. The summed E-state index contributed by atoms with van der Waals surface area (Å²) in [6, 6.07) is 3.29. The van der Waals surface area contributed by atoms with Gasteiger partial charge in [-0.05, 0) is 25.5 Å². The van der Waals surface area contributed by atoms with E-state index < -0.39 is 0 Å². The lowest BCUT2D eigenvalue weighted by molar-refractivity contribution is 0.402. The molecule has 0 saturated carbocycles. The average Bonchev–Trinajstić information content (AvgIpc) is 2.76. The van der Waals surface area contributed by atoms with Gasteiger partial charge in [-0.3, -0.25) is 4.79 Å². The maximum atomic E-state index is 11.0. The molecule has 1 unspecified atom stereocenters. The van der Waals surface area contributed by atoms with E-state index in [2.05, 4.69) is 20.4 Å². The standard InChI is InChI=1S/C13H16N4O2/c18-11-6-5-9(8-15-11)13-16-12(17-19-13)10-4-2-1-3-7-14-10/h5-6,8,10,14H,1-4,7H2,(H,15,18). The number of rotatable bonds is 2. The fourth-order valence-electron chi connectivity index (χ4n) is 2.29. The maximum Gasteiger partial charge on any atom is 0.259 e. The van der Waals surface area contributed by atoms with Crippen LogP contribution in [0, 0.1) is 0 Å². The van der Waals surface area contributed by atoms with Gasteiger partial charge < -0.3 is 14.8 Å². The first-order chi connectivity index (χ1) is 9.33. The first-order valence-electron chi connectivity index (χ1n) is 6.59. The molecular formula is C13H16N4O2. The van der Waals surface area contributed by atoms with Gasteiger partial charge in [0.25, 0.3) is 5.89 Å². The Morgan fingerprint density at radius 3 is 3.05 bits per heavy atom. The largest absolute Gasteiger partial charge is 0.334 e. The first kappa shape index (κ1) is 12.1. The third kappa shape index (κ3) is 2.73. The molecule has 100 valence electrons. The minimum Gasteiger partial charge on any atom is -0.334 e. The molecule has 6 heteroatoms. The van der Waals surface area contributed by atoms with Gasteiger partial charge in [-0.25, -0.2) is 0 Å². The van der Waals surface area contributed by atoms with Gasteiger partial charge in [0.1, 0.15) is 0 Å². The number of pyridine rings is 1. The van der Waals surface area contributed by atoms with Crippen LogP contribution < -0.4 is 10.9 Å². The first-order valence-corrected chi connectivity index (χ1v) is 6.59. The van der Waals surface area contributed by atoms with Crippen molar-refractivity contribution in [3.63, 3.8) is 0 Å². The van der Waals surface area contributed by atoms with Gasteiger partial charge in [-0.2, -0.15) is 4.98 Å². The highest BCUT2D eigenvalue weighted by molar-refractivity contribution is 5.50. The van der Waals surface area contributed by atoms with Crippen molar-refractivity contribution in [2.24, 2.45) is 0 Å². The predicted molar refractivity (Wildman–Crippen MR) is 69.6 cm³/mol. The molecule has 3 rings (SSSR count). The maximum absolute atomic E-state index is 11.0. The van der Waals surface area contributed by atoms with Crippen molar-refractivity contribution >= 4 is 0 Å². The molecule has 1 saturated heterocycles. The van der Waals surface area contributed by atoms with Crippen molar-refractivity contribution in [1.29, 1.82) is 0 Å². The highest BCUT2D eigenvalue weighted by Gasteiger charge is 2.19. The second-order valence-electron chi connectivity index (χ2n) is 4.76. The Hall–Kier alpha value is -1.95. The topological polar surface area (TPSA) is 83.8 Å². The van der Waals surface area contributed by atoms with E-state index in [0.29, 0.717) is 11.7 Å². The molecule has 2 N–H and O–H groups in total. The van der Waals surface area contributed by atoms with Crippen LogP contribution in [-0.4, -0.2) is 21.7 Å². The molecule has 0 amide bonds. The molecule has 0 bridgehead atoms. The molecule has 1 atom stereocenters. The molecule has 2 aromatic rings. The van der Waals surface area contributed by atoms with Crippen LogP contribution in [0.3, 0.4) is 0 Å². The van der Waals surface area contributed by atoms with Crippen molar-refractivity contribution in [3.05, 3.63) is 34.5 Å². The van der Waals surface area contributed by atoms with Crippen LogP contribution in [-0.2, 0) is 0 Å². The number of H-pyrrole nitrogens is 1. The normalized spacial score (nSPS) is 20.1. The Bertz CT molecular complexity index is 576. The summed E-state index contributed by atoms with van der Waals surface area (Å²) in [5.74, 6) is 1.14. The van der Waals surface area contributed by atoms with E-state index in [-0.39, 0.29) is 11.6 Å². The number of nitrogens with one attached hydrogen (secondary N) is 2. The zero-order valence-electron chi connectivity index (χ0n) is 10.6. The van der Waals surface area contributed by atoms with Gasteiger partial charge in [0.15, 0.2) is 5.82 Å². The molecular weight excluding hydrogens is 244 g/mol. The Morgan fingerprint density at radius 1 is 1.26 bits per heavy atom. The molecule has 0 aliphatic carbocycles. The van der Waals surface area contributed by atoms with Crippen LogP contribution >= 0.6 is 0 Å². The molecule has 0 spiro atoms. The average molecular weight is 260 g/mol. The van der Waals surface area contributed by atoms with Crippen LogP contribution in [0.2, 0.25) is 0 Å². The quantitative estimate of drug-likeness (QED) is 0.857. The second-order valence-corrected chi connectivity index (χ2v) is 4.76. The summed E-state index contributed by atoms with van der Waals surface area (Å²) in [7, 11) is 0. The van der Waals surface area contributed by atoms with E-state index in [1.807, 2.05) is 0 Å². The summed E-state index contributed by atoms with van der Waals surface area (Å²) in [5, 5.41) is 7.47. The fourth-order valence-corrected chi connectivity index (χ4v) is 2.29. The Labute approximate surface area is 110 Å². The van der Waals surface area contributed by atoms with Gasteiger partial charge in [0.2, 0.25) is 5.56 Å². The van der Waals surface area contributed by atoms with Crippen molar-refractivity contribution < 1.29 is 4.52 Å². The summed E-state index contributed by atoms with van der Waals surface area (Å²) in [6.45, 7) is 0.993.